The maximum atomic E-state index is 3.76. The molecule has 0 bridgehead atoms. The summed E-state index contributed by atoms with van der Waals surface area (Å²) in [5.41, 5.74) is 1.44. The van der Waals surface area contributed by atoms with Crippen LogP contribution in [0.25, 0.3) is 0 Å². The molecule has 0 unspecified atom stereocenters. The Bertz CT molecular complexity index is 342. The molecular formula is C17H28N2. The van der Waals surface area contributed by atoms with E-state index in [4.69, 9.17) is 0 Å². The predicted octanol–water partition coefficient (Wildman–Crippen LogP) is 3.25. The summed E-state index contributed by atoms with van der Waals surface area (Å²) in [6.07, 6.45) is 3.89. The van der Waals surface area contributed by atoms with Gasteiger partial charge >= 0.3 is 0 Å². The van der Waals surface area contributed by atoms with Gasteiger partial charge in [-0.25, -0.2) is 0 Å². The van der Waals surface area contributed by atoms with Gasteiger partial charge in [0, 0.05) is 12.6 Å². The van der Waals surface area contributed by atoms with Crippen molar-refractivity contribution in [1.29, 1.82) is 0 Å². The van der Waals surface area contributed by atoms with Gasteiger partial charge in [-0.05, 0) is 50.4 Å². The zero-order valence-corrected chi connectivity index (χ0v) is 12.4. The van der Waals surface area contributed by atoms with Crippen LogP contribution in [-0.2, 0) is 0 Å². The smallest absolute Gasteiger partial charge is 0.00916 e. The molecule has 1 heterocycles. The zero-order valence-electron chi connectivity index (χ0n) is 12.4. The highest BCUT2D eigenvalue weighted by atomic mass is 15.1. The first-order valence-corrected chi connectivity index (χ1v) is 7.80. The monoisotopic (exact) mass is 260 g/mol. The second-order valence-corrected chi connectivity index (χ2v) is 5.84. The lowest BCUT2D eigenvalue weighted by Gasteiger charge is -2.32. The molecule has 1 saturated heterocycles. The van der Waals surface area contributed by atoms with Gasteiger partial charge in [0.1, 0.15) is 0 Å². The molecule has 0 radical (unpaired) electrons. The van der Waals surface area contributed by atoms with Crippen molar-refractivity contribution in [2.45, 2.75) is 45.1 Å². The molecule has 2 rings (SSSR count). The first-order chi connectivity index (χ1) is 9.29. The third kappa shape index (κ3) is 4.63. The Morgan fingerprint density at radius 3 is 2.53 bits per heavy atom. The summed E-state index contributed by atoms with van der Waals surface area (Å²) in [4.78, 5) is 2.60. The van der Waals surface area contributed by atoms with Crippen molar-refractivity contribution >= 4 is 0 Å². The molecule has 1 aliphatic heterocycles. The van der Waals surface area contributed by atoms with E-state index in [1.54, 1.807) is 0 Å². The molecule has 0 aromatic heterocycles. The highest BCUT2D eigenvalue weighted by Crippen LogP contribution is 2.15. The Morgan fingerprint density at radius 2 is 1.89 bits per heavy atom. The fraction of sp³-hybridized carbons (Fsp3) is 0.647. The lowest BCUT2D eigenvalue weighted by atomic mass is 9.99. The molecule has 1 N–H and O–H groups in total. The molecule has 1 aliphatic rings. The minimum Gasteiger partial charge on any atom is -0.313 e. The minimum atomic E-state index is 0.606. The number of hydrogen-bond donors (Lipinski definition) is 1. The van der Waals surface area contributed by atoms with Gasteiger partial charge < -0.3 is 10.2 Å². The molecule has 0 saturated carbocycles. The molecule has 0 aliphatic carbocycles. The average molecular weight is 260 g/mol. The fourth-order valence-corrected chi connectivity index (χ4v) is 2.92. The number of nitrogens with zero attached hydrogens (tertiary/aromatic N) is 1. The predicted molar refractivity (Wildman–Crippen MR) is 82.6 cm³/mol. The highest BCUT2D eigenvalue weighted by molar-refractivity contribution is 5.19. The van der Waals surface area contributed by atoms with Crippen molar-refractivity contribution in [3.63, 3.8) is 0 Å². The topological polar surface area (TPSA) is 15.3 Å². The normalized spacial score (nSPS) is 19.5. The minimum absolute atomic E-state index is 0.606. The van der Waals surface area contributed by atoms with Crippen molar-refractivity contribution in [1.82, 2.24) is 10.2 Å². The summed E-state index contributed by atoms with van der Waals surface area (Å²) in [6.45, 7) is 9.49. The second kappa shape index (κ2) is 7.66. The van der Waals surface area contributed by atoms with Gasteiger partial charge in [0.25, 0.3) is 0 Å². The first-order valence-electron chi connectivity index (χ1n) is 7.80. The number of nitrogens with one attached hydrogen (secondary N) is 1. The molecule has 1 atom stereocenters. The fourth-order valence-electron chi connectivity index (χ4n) is 2.92. The van der Waals surface area contributed by atoms with Crippen molar-refractivity contribution in [3.8, 4) is 0 Å². The lowest BCUT2D eigenvalue weighted by molar-refractivity contribution is 0.197. The van der Waals surface area contributed by atoms with Crippen LogP contribution >= 0.6 is 0 Å². The van der Waals surface area contributed by atoms with E-state index < -0.39 is 0 Å². The average Bonchev–Trinajstić information content (AvgIpc) is 2.47. The van der Waals surface area contributed by atoms with E-state index in [9.17, 15) is 0 Å². The van der Waals surface area contributed by atoms with E-state index in [2.05, 4.69) is 54.4 Å². The van der Waals surface area contributed by atoms with E-state index in [-0.39, 0.29) is 0 Å². The highest BCUT2D eigenvalue weighted by Gasteiger charge is 2.18. The van der Waals surface area contributed by atoms with E-state index in [1.165, 1.54) is 44.5 Å². The van der Waals surface area contributed by atoms with Gasteiger partial charge in [-0.3, -0.25) is 0 Å². The van der Waals surface area contributed by atoms with Crippen LogP contribution in [0.2, 0.25) is 0 Å². The van der Waals surface area contributed by atoms with Gasteiger partial charge in [0.05, 0.1) is 0 Å². The lowest BCUT2D eigenvalue weighted by Crippen LogP contribution is -2.43. The molecule has 2 heteroatoms. The summed E-state index contributed by atoms with van der Waals surface area (Å²) in [5.74, 6) is 0.606. The summed E-state index contributed by atoms with van der Waals surface area (Å²) in [6, 6.07) is 11.5. The summed E-state index contributed by atoms with van der Waals surface area (Å²) < 4.78 is 0. The Morgan fingerprint density at radius 1 is 1.21 bits per heavy atom. The maximum absolute atomic E-state index is 3.76. The Hall–Kier alpha value is -0.860. The summed E-state index contributed by atoms with van der Waals surface area (Å²) in [5, 5.41) is 3.76. The van der Waals surface area contributed by atoms with Crippen LogP contribution in [0.4, 0.5) is 0 Å². The third-order valence-corrected chi connectivity index (χ3v) is 4.21. The van der Waals surface area contributed by atoms with Crippen LogP contribution < -0.4 is 5.32 Å². The van der Waals surface area contributed by atoms with Crippen molar-refractivity contribution in [3.05, 3.63) is 35.9 Å². The van der Waals surface area contributed by atoms with E-state index in [0.717, 1.165) is 12.6 Å². The second-order valence-electron chi connectivity index (χ2n) is 5.84. The Balaban J connectivity index is 1.69. The van der Waals surface area contributed by atoms with E-state index in [0.29, 0.717) is 5.92 Å². The third-order valence-electron chi connectivity index (χ3n) is 4.21. The quantitative estimate of drug-likeness (QED) is 0.844. The van der Waals surface area contributed by atoms with Gasteiger partial charge in [0.2, 0.25) is 0 Å². The first kappa shape index (κ1) is 14.5. The molecule has 19 heavy (non-hydrogen) atoms. The van der Waals surface area contributed by atoms with Crippen LogP contribution in [0.5, 0.6) is 0 Å². The summed E-state index contributed by atoms with van der Waals surface area (Å²) >= 11 is 0. The molecule has 2 nitrogen and oxygen atoms in total. The van der Waals surface area contributed by atoms with Gasteiger partial charge in [-0.15, -0.1) is 0 Å². The number of hydrogen-bond acceptors (Lipinski definition) is 2. The molecule has 1 aromatic carbocycles. The van der Waals surface area contributed by atoms with Gasteiger partial charge in [-0.2, -0.15) is 0 Å². The standard InChI is InChI=1S/C17H28N2/c1-3-11-19-12-9-17(10-13-19)18-14-15(2)16-7-5-4-6-8-16/h4-8,15,17-18H,3,9-14H2,1-2H3/t15-/m1/s1. The van der Waals surface area contributed by atoms with Crippen LogP contribution in [0.1, 0.15) is 44.6 Å². The summed E-state index contributed by atoms with van der Waals surface area (Å²) in [7, 11) is 0. The van der Waals surface area contributed by atoms with Crippen molar-refractivity contribution in [2.24, 2.45) is 0 Å². The van der Waals surface area contributed by atoms with Crippen molar-refractivity contribution < 1.29 is 0 Å². The molecule has 106 valence electrons. The maximum Gasteiger partial charge on any atom is 0.00916 e. The number of piperidine rings is 1. The molecule has 0 amide bonds. The van der Waals surface area contributed by atoms with Crippen LogP contribution in [0.15, 0.2) is 30.3 Å². The van der Waals surface area contributed by atoms with E-state index >= 15 is 0 Å². The molecule has 1 fully saturated rings. The largest absolute Gasteiger partial charge is 0.313 e. The molecule has 0 spiro atoms. The van der Waals surface area contributed by atoms with Gasteiger partial charge in [-0.1, -0.05) is 44.2 Å². The SMILES string of the molecule is CCCN1CCC(NC[C@@H](C)c2ccccc2)CC1. The van der Waals surface area contributed by atoms with Gasteiger partial charge in [0.15, 0.2) is 0 Å². The Kier molecular flexibility index (Phi) is 5.87. The molecule has 1 aromatic rings. The van der Waals surface area contributed by atoms with Crippen LogP contribution in [0, 0.1) is 0 Å². The zero-order chi connectivity index (χ0) is 13.5. The number of likely N-dealkylation sites (tertiary alicyclic amines) is 1. The van der Waals surface area contributed by atoms with Crippen molar-refractivity contribution in [2.75, 3.05) is 26.2 Å². The number of rotatable bonds is 6. The molecular weight excluding hydrogens is 232 g/mol. The number of benzene rings is 1. The van der Waals surface area contributed by atoms with Crippen LogP contribution in [-0.4, -0.2) is 37.1 Å². The Labute approximate surface area is 118 Å². The van der Waals surface area contributed by atoms with Crippen LogP contribution in [0.3, 0.4) is 0 Å². The van der Waals surface area contributed by atoms with E-state index in [1.807, 2.05) is 0 Å².